The molecule has 0 radical (unpaired) electrons. The molecule has 0 bridgehead atoms. The van der Waals surface area contributed by atoms with Crippen molar-refractivity contribution in [1.29, 1.82) is 0 Å². The van der Waals surface area contributed by atoms with E-state index in [9.17, 15) is 14.7 Å². The number of hydrogen-bond donors (Lipinski definition) is 2. The van der Waals surface area contributed by atoms with Crippen molar-refractivity contribution in [1.82, 2.24) is 10.2 Å². The Balaban J connectivity index is 2.18. The Morgan fingerprint density at radius 2 is 2.10 bits per heavy atom. The van der Waals surface area contributed by atoms with Gasteiger partial charge in [0.1, 0.15) is 17.0 Å². The van der Waals surface area contributed by atoms with Gasteiger partial charge in [0.2, 0.25) is 0 Å². The van der Waals surface area contributed by atoms with E-state index in [-0.39, 0.29) is 12.5 Å². The van der Waals surface area contributed by atoms with Crippen LogP contribution >= 0.6 is 0 Å². The molecule has 0 aromatic heterocycles. The maximum absolute atomic E-state index is 12.2. The molecule has 1 saturated heterocycles. The highest BCUT2D eigenvalue weighted by molar-refractivity contribution is 6.10. The number of hydrogen-bond acceptors (Lipinski definition) is 5. The molecule has 2 N–H and O–H groups in total. The second-order valence-corrected chi connectivity index (χ2v) is 7.05. The first-order chi connectivity index (χ1) is 9.49. The lowest BCUT2D eigenvalue weighted by Gasteiger charge is -2.28. The van der Waals surface area contributed by atoms with E-state index in [4.69, 9.17) is 4.74 Å². The van der Waals surface area contributed by atoms with Crippen LogP contribution in [0, 0.1) is 0 Å². The van der Waals surface area contributed by atoms with Gasteiger partial charge in [-0.2, -0.15) is 0 Å². The van der Waals surface area contributed by atoms with Gasteiger partial charge in [0, 0.05) is 6.42 Å². The van der Waals surface area contributed by atoms with Crippen molar-refractivity contribution in [2.75, 3.05) is 6.54 Å². The van der Waals surface area contributed by atoms with E-state index < -0.39 is 29.4 Å². The lowest BCUT2D eigenvalue weighted by atomic mass is 10.1. The molecule has 0 saturated carbocycles. The zero-order chi connectivity index (χ0) is 16.0. The van der Waals surface area contributed by atoms with Gasteiger partial charge in [-0.05, 0) is 34.6 Å². The summed E-state index contributed by atoms with van der Waals surface area (Å²) in [6.07, 6.45) is -0.814. The van der Waals surface area contributed by atoms with Crippen LogP contribution in [0.25, 0.3) is 0 Å². The number of aliphatic hydroxyl groups is 1. The highest BCUT2D eigenvalue weighted by Gasteiger charge is 2.44. The number of β-amino-alcohol motifs (C(OH)–C–C–N with tert-alkyl or cyclic N) is 1. The number of carbonyl (C=O) groups is 2. The van der Waals surface area contributed by atoms with Crippen molar-refractivity contribution < 1.29 is 19.4 Å². The van der Waals surface area contributed by atoms with E-state index in [1.165, 1.54) is 4.90 Å². The number of amides is 2. The molecule has 0 spiro atoms. The summed E-state index contributed by atoms with van der Waals surface area (Å²) in [7, 11) is 0. The molecule has 21 heavy (non-hydrogen) atoms. The highest BCUT2D eigenvalue weighted by Crippen LogP contribution is 2.25. The molecule has 2 heterocycles. The molecule has 118 valence electrons. The van der Waals surface area contributed by atoms with Crippen molar-refractivity contribution in [3.05, 3.63) is 0 Å². The van der Waals surface area contributed by atoms with Crippen LogP contribution in [-0.2, 0) is 9.53 Å². The first kappa shape index (κ1) is 15.8. The van der Waals surface area contributed by atoms with E-state index in [1.807, 2.05) is 0 Å². The summed E-state index contributed by atoms with van der Waals surface area (Å²) in [4.78, 5) is 29.8. The van der Waals surface area contributed by atoms with E-state index in [0.29, 0.717) is 12.3 Å². The molecule has 0 aromatic rings. The minimum absolute atomic E-state index is 0.175. The zero-order valence-electron chi connectivity index (χ0n) is 13.1. The Labute approximate surface area is 124 Å². The fourth-order valence-corrected chi connectivity index (χ4v) is 2.40. The van der Waals surface area contributed by atoms with E-state index in [1.54, 1.807) is 34.6 Å². The summed E-state index contributed by atoms with van der Waals surface area (Å²) in [5.41, 5.74) is -1.46. The standard InChI is InChI=1S/C14H23N3O4/c1-13(2,3)21-12(20)17-7-8(18)6-9(17)10-15-11(19)14(4,5)16-10/h8-9,18H,6-7H2,1-5H3,(H,15,16,19)/t8-,9-/m1/s1. The molecule has 0 unspecified atom stereocenters. The van der Waals surface area contributed by atoms with Crippen LogP contribution in [0.5, 0.6) is 0 Å². The van der Waals surface area contributed by atoms with Crippen molar-refractivity contribution in [3.8, 4) is 0 Å². The number of carbonyl (C=O) groups excluding carboxylic acids is 2. The Morgan fingerprint density at radius 3 is 2.57 bits per heavy atom. The van der Waals surface area contributed by atoms with E-state index in [0.717, 1.165) is 0 Å². The molecule has 2 amide bonds. The lowest BCUT2D eigenvalue weighted by Crippen LogP contribution is -2.47. The van der Waals surface area contributed by atoms with Crippen LogP contribution in [-0.4, -0.2) is 57.7 Å². The zero-order valence-corrected chi connectivity index (χ0v) is 13.1. The highest BCUT2D eigenvalue weighted by atomic mass is 16.6. The lowest BCUT2D eigenvalue weighted by molar-refractivity contribution is -0.122. The Kier molecular flexibility index (Phi) is 3.73. The third kappa shape index (κ3) is 3.34. The molecular formula is C14H23N3O4. The van der Waals surface area contributed by atoms with Crippen molar-refractivity contribution in [2.45, 2.75) is 64.3 Å². The van der Waals surface area contributed by atoms with Gasteiger partial charge in [-0.25, -0.2) is 4.79 Å². The van der Waals surface area contributed by atoms with Crippen molar-refractivity contribution in [3.63, 3.8) is 0 Å². The number of rotatable bonds is 1. The predicted octanol–water partition coefficient (Wildman–Crippen LogP) is 0.664. The molecular weight excluding hydrogens is 274 g/mol. The molecule has 7 heteroatoms. The SMILES string of the molecule is CC(C)(C)OC(=O)N1C[C@H](O)C[C@@H]1C1=NC(C)(C)C(=O)N1. The number of nitrogens with one attached hydrogen (secondary N) is 1. The topological polar surface area (TPSA) is 91.2 Å². The summed E-state index contributed by atoms with van der Waals surface area (Å²) in [5.74, 6) is 0.218. The summed E-state index contributed by atoms with van der Waals surface area (Å²) >= 11 is 0. The van der Waals surface area contributed by atoms with Crippen LogP contribution < -0.4 is 5.32 Å². The number of aliphatic imine (C=N–C) groups is 1. The second-order valence-electron chi connectivity index (χ2n) is 7.05. The summed E-state index contributed by atoms with van der Waals surface area (Å²) in [6.45, 7) is 8.94. The first-order valence-electron chi connectivity index (χ1n) is 7.08. The van der Waals surface area contributed by atoms with Gasteiger partial charge in [0.15, 0.2) is 0 Å². The van der Waals surface area contributed by atoms with Crippen LogP contribution in [0.3, 0.4) is 0 Å². The van der Waals surface area contributed by atoms with Gasteiger partial charge < -0.3 is 15.2 Å². The number of likely N-dealkylation sites (tertiary alicyclic amines) is 1. The van der Waals surface area contributed by atoms with Crippen LogP contribution in [0.4, 0.5) is 4.79 Å². The van der Waals surface area contributed by atoms with Gasteiger partial charge in [-0.15, -0.1) is 0 Å². The Bertz CT molecular complexity index is 493. The van der Waals surface area contributed by atoms with E-state index >= 15 is 0 Å². The average molecular weight is 297 g/mol. The molecule has 0 aliphatic carbocycles. The monoisotopic (exact) mass is 297 g/mol. The second kappa shape index (κ2) is 4.98. The minimum Gasteiger partial charge on any atom is -0.444 e. The molecule has 0 aromatic carbocycles. The smallest absolute Gasteiger partial charge is 0.411 e. The van der Waals surface area contributed by atoms with Crippen molar-refractivity contribution >= 4 is 17.8 Å². The first-order valence-corrected chi connectivity index (χ1v) is 7.08. The van der Waals surface area contributed by atoms with Gasteiger partial charge >= 0.3 is 6.09 Å². The number of nitrogens with zero attached hydrogens (tertiary/aromatic N) is 2. The largest absolute Gasteiger partial charge is 0.444 e. The molecule has 1 fully saturated rings. The van der Waals surface area contributed by atoms with Gasteiger partial charge in [-0.3, -0.25) is 14.7 Å². The van der Waals surface area contributed by atoms with Crippen molar-refractivity contribution in [2.24, 2.45) is 4.99 Å². The third-order valence-electron chi connectivity index (χ3n) is 3.42. The molecule has 2 aliphatic rings. The Hall–Kier alpha value is -1.63. The summed E-state index contributed by atoms with van der Waals surface area (Å²) in [6, 6.07) is -0.458. The minimum atomic E-state index is -0.845. The summed E-state index contributed by atoms with van der Waals surface area (Å²) < 4.78 is 5.35. The predicted molar refractivity (Wildman–Crippen MR) is 77.0 cm³/mol. The molecule has 7 nitrogen and oxygen atoms in total. The number of aliphatic hydroxyl groups excluding tert-OH is 1. The number of amidine groups is 1. The van der Waals surface area contributed by atoms with Crippen LogP contribution in [0.15, 0.2) is 4.99 Å². The summed E-state index contributed by atoms with van der Waals surface area (Å²) in [5, 5.41) is 12.6. The van der Waals surface area contributed by atoms with Crippen LogP contribution in [0.2, 0.25) is 0 Å². The normalized spacial score (nSPS) is 28.4. The average Bonchev–Trinajstić information content (AvgIpc) is 2.78. The molecule has 2 atom stereocenters. The van der Waals surface area contributed by atoms with Crippen LogP contribution in [0.1, 0.15) is 41.0 Å². The fraction of sp³-hybridized carbons (Fsp3) is 0.786. The Morgan fingerprint density at radius 1 is 1.48 bits per heavy atom. The molecule has 2 aliphatic heterocycles. The third-order valence-corrected chi connectivity index (χ3v) is 3.42. The fourth-order valence-electron chi connectivity index (χ4n) is 2.40. The molecule has 2 rings (SSSR count). The van der Waals surface area contributed by atoms with Gasteiger partial charge in [0.25, 0.3) is 5.91 Å². The van der Waals surface area contributed by atoms with Gasteiger partial charge in [-0.1, -0.05) is 0 Å². The quantitative estimate of drug-likeness (QED) is 0.744. The maximum Gasteiger partial charge on any atom is 0.411 e. The number of ether oxygens (including phenoxy) is 1. The van der Waals surface area contributed by atoms with E-state index in [2.05, 4.69) is 10.3 Å². The maximum atomic E-state index is 12.2. The van der Waals surface area contributed by atoms with Gasteiger partial charge in [0.05, 0.1) is 18.7 Å².